The molecule has 110 valence electrons. The number of carbonyl (C=O) groups is 2. The van der Waals surface area contributed by atoms with Crippen molar-refractivity contribution in [3.8, 4) is 5.75 Å². The third-order valence-electron chi connectivity index (χ3n) is 2.77. The third kappa shape index (κ3) is 6.78. The molecule has 5 nitrogen and oxygen atoms in total. The van der Waals surface area contributed by atoms with Crippen molar-refractivity contribution in [2.75, 3.05) is 13.2 Å². The van der Waals surface area contributed by atoms with Crippen LogP contribution in [0.1, 0.15) is 31.7 Å². The van der Waals surface area contributed by atoms with Gasteiger partial charge in [0.2, 0.25) is 5.91 Å². The van der Waals surface area contributed by atoms with Crippen molar-refractivity contribution in [3.63, 3.8) is 0 Å². The summed E-state index contributed by atoms with van der Waals surface area (Å²) in [6, 6.07) is 7.62. The summed E-state index contributed by atoms with van der Waals surface area (Å²) in [4.78, 5) is 21.7. The van der Waals surface area contributed by atoms with Crippen molar-refractivity contribution in [1.29, 1.82) is 0 Å². The van der Waals surface area contributed by atoms with Crippen LogP contribution >= 0.6 is 0 Å². The number of hydrogen-bond donors (Lipinski definition) is 2. The zero-order valence-corrected chi connectivity index (χ0v) is 11.7. The van der Waals surface area contributed by atoms with Gasteiger partial charge in [0, 0.05) is 6.42 Å². The second-order valence-electron chi connectivity index (χ2n) is 4.52. The van der Waals surface area contributed by atoms with E-state index in [0.717, 1.165) is 24.2 Å². The molecule has 1 amide bonds. The molecule has 0 fully saturated rings. The minimum absolute atomic E-state index is 0.254. The van der Waals surface area contributed by atoms with Crippen LogP contribution in [0, 0.1) is 0 Å². The van der Waals surface area contributed by atoms with E-state index in [1.807, 2.05) is 24.3 Å². The molecule has 1 aromatic carbocycles. The van der Waals surface area contributed by atoms with Crippen LogP contribution in [-0.4, -0.2) is 30.1 Å². The fourth-order valence-corrected chi connectivity index (χ4v) is 1.61. The number of carbonyl (C=O) groups excluding carboxylic acids is 1. The molecule has 0 aliphatic rings. The molecule has 1 aromatic rings. The summed E-state index contributed by atoms with van der Waals surface area (Å²) in [5.41, 5.74) is 1.03. The minimum Gasteiger partial charge on any atom is -0.494 e. The van der Waals surface area contributed by atoms with Crippen molar-refractivity contribution in [3.05, 3.63) is 29.8 Å². The first kappa shape index (κ1) is 16.0. The van der Waals surface area contributed by atoms with Crippen LogP contribution in [0.15, 0.2) is 24.3 Å². The van der Waals surface area contributed by atoms with Gasteiger partial charge in [-0.05, 0) is 30.5 Å². The molecule has 0 saturated carbocycles. The van der Waals surface area contributed by atoms with E-state index in [9.17, 15) is 9.59 Å². The number of amides is 1. The molecule has 0 aromatic heterocycles. The Morgan fingerprint density at radius 2 is 1.95 bits per heavy atom. The predicted molar refractivity (Wildman–Crippen MR) is 75.8 cm³/mol. The number of nitrogens with one attached hydrogen (secondary N) is 1. The quantitative estimate of drug-likeness (QED) is 0.678. The molecular weight excluding hydrogens is 258 g/mol. The Morgan fingerprint density at radius 1 is 1.25 bits per heavy atom. The average molecular weight is 279 g/mol. The van der Waals surface area contributed by atoms with Gasteiger partial charge in [-0.3, -0.25) is 9.59 Å². The molecular formula is C15H21NO4. The number of aliphatic carboxylic acids is 1. The number of carboxylic acids is 1. The Bertz CT molecular complexity index is 428. The Balaban J connectivity index is 2.30. The van der Waals surface area contributed by atoms with Gasteiger partial charge in [0.15, 0.2) is 0 Å². The van der Waals surface area contributed by atoms with Crippen LogP contribution in [0.4, 0.5) is 0 Å². The molecule has 0 heterocycles. The summed E-state index contributed by atoms with van der Waals surface area (Å²) >= 11 is 0. The average Bonchev–Trinajstić information content (AvgIpc) is 2.44. The summed E-state index contributed by atoms with van der Waals surface area (Å²) in [5, 5.41) is 10.8. The smallest absolute Gasteiger partial charge is 0.322 e. The van der Waals surface area contributed by atoms with Gasteiger partial charge in [0.05, 0.1) is 6.61 Å². The number of benzene rings is 1. The zero-order chi connectivity index (χ0) is 14.8. The lowest BCUT2D eigenvalue weighted by Crippen LogP contribution is -2.29. The topological polar surface area (TPSA) is 75.6 Å². The van der Waals surface area contributed by atoms with Crippen molar-refractivity contribution in [2.24, 2.45) is 0 Å². The van der Waals surface area contributed by atoms with Gasteiger partial charge in [-0.25, -0.2) is 0 Å². The van der Waals surface area contributed by atoms with Crippen LogP contribution in [-0.2, 0) is 16.0 Å². The largest absolute Gasteiger partial charge is 0.494 e. The molecule has 0 spiro atoms. The van der Waals surface area contributed by atoms with Crippen LogP contribution in [0.25, 0.3) is 0 Å². The normalized spacial score (nSPS) is 10.1. The highest BCUT2D eigenvalue weighted by molar-refractivity contribution is 5.81. The summed E-state index contributed by atoms with van der Waals surface area (Å²) < 4.78 is 5.55. The first-order chi connectivity index (χ1) is 9.61. The van der Waals surface area contributed by atoms with Crippen LogP contribution < -0.4 is 10.1 Å². The van der Waals surface area contributed by atoms with E-state index in [2.05, 4.69) is 12.2 Å². The standard InChI is InChI=1S/C15H21NO4/c1-2-3-10-20-13-7-4-12(5-8-13)6-9-14(17)16-11-15(18)19/h4-5,7-8H,2-3,6,9-11H2,1H3,(H,16,17)(H,18,19). The number of carboxylic acid groups (broad SMARTS) is 1. The molecule has 0 aliphatic carbocycles. The van der Waals surface area contributed by atoms with Gasteiger partial charge in [-0.2, -0.15) is 0 Å². The molecule has 2 N–H and O–H groups in total. The SMILES string of the molecule is CCCCOc1ccc(CCC(=O)NCC(=O)O)cc1. The molecule has 5 heteroatoms. The molecule has 0 bridgehead atoms. The maximum absolute atomic E-state index is 11.4. The van der Waals surface area contributed by atoms with Crippen LogP contribution in [0.3, 0.4) is 0 Å². The summed E-state index contributed by atoms with van der Waals surface area (Å²) in [6.45, 7) is 2.50. The molecule has 20 heavy (non-hydrogen) atoms. The highest BCUT2D eigenvalue weighted by Gasteiger charge is 2.04. The fraction of sp³-hybridized carbons (Fsp3) is 0.467. The van der Waals surface area contributed by atoms with Gasteiger partial charge < -0.3 is 15.2 Å². The monoisotopic (exact) mass is 279 g/mol. The van der Waals surface area contributed by atoms with Crippen molar-refractivity contribution in [1.82, 2.24) is 5.32 Å². The number of rotatable bonds is 9. The lowest BCUT2D eigenvalue weighted by atomic mass is 10.1. The van der Waals surface area contributed by atoms with E-state index in [1.54, 1.807) is 0 Å². The van der Waals surface area contributed by atoms with E-state index < -0.39 is 5.97 Å². The Kier molecular flexibility index (Phi) is 7.17. The summed E-state index contributed by atoms with van der Waals surface area (Å²) in [6.07, 6.45) is 3.00. The van der Waals surface area contributed by atoms with Gasteiger partial charge in [0.1, 0.15) is 12.3 Å². The molecule has 0 aliphatic heterocycles. The predicted octanol–water partition coefficient (Wildman–Crippen LogP) is 2.00. The molecule has 0 radical (unpaired) electrons. The third-order valence-corrected chi connectivity index (χ3v) is 2.77. The minimum atomic E-state index is -1.04. The fourth-order valence-electron chi connectivity index (χ4n) is 1.61. The van der Waals surface area contributed by atoms with Crippen molar-refractivity contribution < 1.29 is 19.4 Å². The van der Waals surface area contributed by atoms with Crippen LogP contribution in [0.5, 0.6) is 5.75 Å². The second-order valence-corrected chi connectivity index (χ2v) is 4.52. The molecule has 0 atom stereocenters. The van der Waals surface area contributed by atoms with Crippen LogP contribution in [0.2, 0.25) is 0 Å². The van der Waals surface area contributed by atoms with Gasteiger partial charge >= 0.3 is 5.97 Å². The maximum Gasteiger partial charge on any atom is 0.322 e. The Hall–Kier alpha value is -2.04. The highest BCUT2D eigenvalue weighted by Crippen LogP contribution is 2.13. The Morgan fingerprint density at radius 3 is 2.55 bits per heavy atom. The number of ether oxygens (including phenoxy) is 1. The molecule has 1 rings (SSSR count). The lowest BCUT2D eigenvalue weighted by molar-refractivity contribution is -0.137. The van der Waals surface area contributed by atoms with E-state index in [1.165, 1.54) is 0 Å². The first-order valence-corrected chi connectivity index (χ1v) is 6.82. The van der Waals surface area contributed by atoms with E-state index in [4.69, 9.17) is 9.84 Å². The van der Waals surface area contributed by atoms with E-state index in [0.29, 0.717) is 13.0 Å². The van der Waals surface area contributed by atoms with Crippen molar-refractivity contribution in [2.45, 2.75) is 32.6 Å². The molecule has 0 unspecified atom stereocenters. The number of aryl methyl sites for hydroxylation is 1. The molecule has 0 saturated heterocycles. The van der Waals surface area contributed by atoms with E-state index >= 15 is 0 Å². The summed E-state index contributed by atoms with van der Waals surface area (Å²) in [7, 11) is 0. The lowest BCUT2D eigenvalue weighted by Gasteiger charge is -2.06. The van der Waals surface area contributed by atoms with Gasteiger partial charge in [0.25, 0.3) is 0 Å². The van der Waals surface area contributed by atoms with Gasteiger partial charge in [-0.1, -0.05) is 25.5 Å². The second kappa shape index (κ2) is 8.96. The van der Waals surface area contributed by atoms with E-state index in [-0.39, 0.29) is 18.9 Å². The van der Waals surface area contributed by atoms with Crippen molar-refractivity contribution >= 4 is 11.9 Å². The number of hydrogen-bond acceptors (Lipinski definition) is 3. The number of unbranched alkanes of at least 4 members (excludes halogenated alkanes) is 1. The van der Waals surface area contributed by atoms with Gasteiger partial charge in [-0.15, -0.1) is 0 Å². The maximum atomic E-state index is 11.4. The summed E-state index contributed by atoms with van der Waals surface area (Å²) in [5.74, 6) is -0.458. The zero-order valence-electron chi connectivity index (χ0n) is 11.7. The Labute approximate surface area is 118 Å². The first-order valence-electron chi connectivity index (χ1n) is 6.82. The highest BCUT2D eigenvalue weighted by atomic mass is 16.5.